The molecule has 0 saturated carbocycles. The number of hydrazine groups is 1. The van der Waals surface area contributed by atoms with E-state index in [9.17, 15) is 0 Å². The lowest BCUT2D eigenvalue weighted by Crippen LogP contribution is -2.33. The molecule has 48 valence electrons. The summed E-state index contributed by atoms with van der Waals surface area (Å²) in [5, 5.41) is 0. The summed E-state index contributed by atoms with van der Waals surface area (Å²) in [6.07, 6.45) is 0. The van der Waals surface area contributed by atoms with Crippen molar-refractivity contribution in [3.63, 3.8) is 0 Å². The Hall–Kier alpha value is 0.270. The van der Waals surface area contributed by atoms with Crippen LogP contribution in [-0.2, 0) is 0 Å². The summed E-state index contributed by atoms with van der Waals surface area (Å²) >= 11 is 1.75. The van der Waals surface area contributed by atoms with Crippen LogP contribution in [0.3, 0.4) is 0 Å². The number of rotatable bonds is 1. The fourth-order valence-electron chi connectivity index (χ4n) is 0.650. The zero-order chi connectivity index (χ0) is 5.98. The monoisotopic (exact) mass is 132 g/mol. The molecule has 1 fully saturated rings. The van der Waals surface area contributed by atoms with Crippen molar-refractivity contribution in [3.05, 3.63) is 0 Å². The Bertz CT molecular complexity index is 68.8. The highest BCUT2D eigenvalue weighted by Gasteiger charge is 2.16. The van der Waals surface area contributed by atoms with E-state index in [2.05, 4.69) is 24.1 Å². The first-order valence-corrected chi connectivity index (χ1v) is 3.91. The lowest BCUT2D eigenvalue weighted by atomic mass is 10.1. The molecule has 2 nitrogen and oxygen atoms in total. The summed E-state index contributed by atoms with van der Waals surface area (Å²) in [4.78, 5) is 3.02. The van der Waals surface area contributed by atoms with Gasteiger partial charge in [0.05, 0.1) is 0 Å². The van der Waals surface area contributed by atoms with Crippen LogP contribution < -0.4 is 10.3 Å². The van der Waals surface area contributed by atoms with E-state index >= 15 is 0 Å². The highest BCUT2D eigenvalue weighted by Crippen LogP contribution is 2.11. The lowest BCUT2D eigenvalue weighted by Gasteiger charge is -2.10. The molecule has 2 N–H and O–H groups in total. The van der Waals surface area contributed by atoms with Gasteiger partial charge in [-0.05, 0) is 5.92 Å². The molecular formula is C5H12N2S. The van der Waals surface area contributed by atoms with E-state index < -0.39 is 0 Å². The van der Waals surface area contributed by atoms with Crippen LogP contribution in [0.5, 0.6) is 0 Å². The molecule has 1 aliphatic rings. The van der Waals surface area contributed by atoms with Gasteiger partial charge < -0.3 is 0 Å². The average molecular weight is 132 g/mol. The van der Waals surface area contributed by atoms with Gasteiger partial charge in [0, 0.05) is 11.8 Å². The molecule has 0 bridgehead atoms. The van der Waals surface area contributed by atoms with Crippen molar-refractivity contribution in [3.8, 4) is 0 Å². The van der Waals surface area contributed by atoms with E-state index in [1.165, 1.54) is 5.75 Å². The average Bonchev–Trinajstić information content (AvgIpc) is 2.12. The van der Waals surface area contributed by atoms with Crippen LogP contribution in [0.2, 0.25) is 0 Å². The van der Waals surface area contributed by atoms with Crippen molar-refractivity contribution < 1.29 is 0 Å². The van der Waals surface area contributed by atoms with Crippen molar-refractivity contribution in [2.24, 2.45) is 5.92 Å². The van der Waals surface area contributed by atoms with E-state index in [-0.39, 0.29) is 0 Å². The van der Waals surface area contributed by atoms with Crippen LogP contribution in [-0.4, -0.2) is 11.8 Å². The molecule has 8 heavy (non-hydrogen) atoms. The highest BCUT2D eigenvalue weighted by molar-refractivity contribution is 7.97. The summed E-state index contributed by atoms with van der Waals surface area (Å²) in [7, 11) is 0. The Balaban J connectivity index is 2.24. The van der Waals surface area contributed by atoms with Crippen molar-refractivity contribution in [2.75, 3.05) is 5.75 Å². The third-order valence-corrected chi connectivity index (χ3v) is 2.17. The van der Waals surface area contributed by atoms with Crippen LogP contribution in [0, 0.1) is 5.92 Å². The predicted molar refractivity (Wildman–Crippen MR) is 37.4 cm³/mol. The van der Waals surface area contributed by atoms with E-state index in [0.29, 0.717) is 6.04 Å². The molecule has 0 aromatic heterocycles. The van der Waals surface area contributed by atoms with Crippen LogP contribution in [0.15, 0.2) is 0 Å². The summed E-state index contributed by atoms with van der Waals surface area (Å²) in [5.74, 6) is 1.94. The minimum absolute atomic E-state index is 0.667. The van der Waals surface area contributed by atoms with E-state index in [4.69, 9.17) is 0 Å². The van der Waals surface area contributed by atoms with E-state index in [0.717, 1.165) is 5.92 Å². The molecule has 3 heteroatoms. The molecule has 1 rings (SSSR count). The molecule has 1 heterocycles. The summed E-state index contributed by atoms with van der Waals surface area (Å²) in [5.41, 5.74) is 3.17. The zero-order valence-electron chi connectivity index (χ0n) is 5.27. The highest BCUT2D eigenvalue weighted by atomic mass is 32.2. The van der Waals surface area contributed by atoms with Gasteiger partial charge in [0.25, 0.3) is 0 Å². The zero-order valence-corrected chi connectivity index (χ0v) is 6.09. The number of hydrogen-bond acceptors (Lipinski definition) is 3. The second kappa shape index (κ2) is 2.71. The molecule has 0 aromatic rings. The molecule has 0 aliphatic carbocycles. The Labute approximate surface area is 54.5 Å². The lowest BCUT2D eigenvalue weighted by molar-refractivity contribution is 0.445. The van der Waals surface area contributed by atoms with Gasteiger partial charge in [-0.1, -0.05) is 25.8 Å². The Morgan fingerprint density at radius 1 is 1.62 bits per heavy atom. The van der Waals surface area contributed by atoms with E-state index in [1.807, 2.05) is 0 Å². The third kappa shape index (κ3) is 1.37. The Kier molecular flexibility index (Phi) is 2.16. The molecule has 0 aromatic carbocycles. The van der Waals surface area contributed by atoms with Gasteiger partial charge in [-0.15, -0.1) is 0 Å². The first-order chi connectivity index (χ1) is 3.80. The maximum Gasteiger partial charge on any atom is 0.0348 e. The van der Waals surface area contributed by atoms with Gasteiger partial charge in [0.15, 0.2) is 0 Å². The quantitative estimate of drug-likeness (QED) is 0.515. The summed E-state index contributed by atoms with van der Waals surface area (Å²) in [6.45, 7) is 4.45. The van der Waals surface area contributed by atoms with Gasteiger partial charge in [-0.3, -0.25) is 0 Å². The second-order valence-corrected chi connectivity index (χ2v) is 3.23. The number of hydrogen-bond donors (Lipinski definition) is 2. The molecule has 1 atom stereocenters. The first-order valence-electron chi connectivity index (χ1n) is 2.93. The first kappa shape index (κ1) is 6.39. The van der Waals surface area contributed by atoms with Crippen LogP contribution in [0.1, 0.15) is 13.8 Å². The van der Waals surface area contributed by atoms with Crippen molar-refractivity contribution in [1.82, 2.24) is 10.3 Å². The van der Waals surface area contributed by atoms with E-state index in [1.54, 1.807) is 11.9 Å². The largest absolute Gasteiger partial charge is 0.244 e. The maximum atomic E-state index is 3.17. The summed E-state index contributed by atoms with van der Waals surface area (Å²) in [6, 6.07) is 0.667. The second-order valence-electron chi connectivity index (χ2n) is 2.41. The fourth-order valence-corrected chi connectivity index (χ4v) is 1.62. The fraction of sp³-hybridized carbons (Fsp3) is 1.00. The summed E-state index contributed by atoms with van der Waals surface area (Å²) < 4.78 is 0. The third-order valence-electron chi connectivity index (χ3n) is 1.38. The normalized spacial score (nSPS) is 29.6. The molecule has 1 saturated heterocycles. The minimum Gasteiger partial charge on any atom is -0.244 e. The molecule has 1 unspecified atom stereocenters. The van der Waals surface area contributed by atoms with Gasteiger partial charge >= 0.3 is 0 Å². The van der Waals surface area contributed by atoms with Gasteiger partial charge in [0.2, 0.25) is 0 Å². The van der Waals surface area contributed by atoms with Crippen LogP contribution in [0.25, 0.3) is 0 Å². The molecule has 0 spiro atoms. The van der Waals surface area contributed by atoms with Crippen LogP contribution >= 0.6 is 11.9 Å². The molecular weight excluding hydrogens is 120 g/mol. The van der Waals surface area contributed by atoms with Crippen LogP contribution in [0.4, 0.5) is 0 Å². The van der Waals surface area contributed by atoms with Crippen molar-refractivity contribution >= 4 is 11.9 Å². The SMILES string of the molecule is CC(C)C1CSNN1. The smallest absolute Gasteiger partial charge is 0.0348 e. The molecule has 0 radical (unpaired) electrons. The minimum atomic E-state index is 0.667. The van der Waals surface area contributed by atoms with Crippen molar-refractivity contribution in [1.29, 1.82) is 0 Å². The number of nitrogens with one attached hydrogen (secondary N) is 2. The standard InChI is InChI=1S/C5H12N2S/c1-4(2)5-3-8-7-6-5/h4-7H,3H2,1-2H3. The van der Waals surface area contributed by atoms with Crippen molar-refractivity contribution in [2.45, 2.75) is 19.9 Å². The Morgan fingerprint density at radius 3 is 2.62 bits per heavy atom. The van der Waals surface area contributed by atoms with Gasteiger partial charge in [0.1, 0.15) is 0 Å². The van der Waals surface area contributed by atoms with Gasteiger partial charge in [-0.2, -0.15) is 0 Å². The Morgan fingerprint density at radius 2 is 2.38 bits per heavy atom. The maximum absolute atomic E-state index is 3.17. The topological polar surface area (TPSA) is 24.1 Å². The van der Waals surface area contributed by atoms with Gasteiger partial charge in [-0.25, -0.2) is 10.3 Å². The molecule has 1 aliphatic heterocycles. The predicted octanol–water partition coefficient (Wildman–Crippen LogP) is 0.767. The molecule has 0 amide bonds.